The second-order valence-corrected chi connectivity index (χ2v) is 9.27. The van der Waals surface area contributed by atoms with Gasteiger partial charge in [-0.2, -0.15) is 0 Å². The molecule has 8 heteroatoms. The number of pyridine rings is 1. The van der Waals surface area contributed by atoms with Crippen molar-refractivity contribution in [3.8, 4) is 17.3 Å². The number of carbonyl (C=O) groups excluding carboxylic acids is 1. The van der Waals surface area contributed by atoms with E-state index in [-0.39, 0.29) is 24.1 Å². The van der Waals surface area contributed by atoms with Crippen LogP contribution in [0.3, 0.4) is 0 Å². The fourth-order valence-corrected chi connectivity index (χ4v) is 4.37. The van der Waals surface area contributed by atoms with E-state index in [1.807, 2.05) is 44.9 Å². The Morgan fingerprint density at radius 2 is 2.09 bits per heavy atom. The summed E-state index contributed by atoms with van der Waals surface area (Å²) < 4.78 is 6.18. The van der Waals surface area contributed by atoms with Crippen molar-refractivity contribution < 1.29 is 9.53 Å². The molecule has 0 saturated carbocycles. The number of nitrogens with zero attached hydrogens (tertiary/aromatic N) is 5. The Morgan fingerprint density at radius 3 is 2.81 bits per heavy atom. The number of rotatable bonds is 7. The Labute approximate surface area is 190 Å². The minimum Gasteiger partial charge on any atom is -0.489 e. The van der Waals surface area contributed by atoms with Gasteiger partial charge in [-0.15, -0.1) is 0 Å². The van der Waals surface area contributed by atoms with Crippen molar-refractivity contribution >= 4 is 11.7 Å². The molecular weight excluding hydrogens is 404 g/mol. The molecule has 1 aliphatic carbocycles. The summed E-state index contributed by atoms with van der Waals surface area (Å²) in [6.45, 7) is 7.82. The zero-order valence-corrected chi connectivity index (χ0v) is 19.8. The monoisotopic (exact) mass is 438 g/mol. The van der Waals surface area contributed by atoms with Crippen LogP contribution in [0.5, 0.6) is 5.75 Å². The molecule has 2 aliphatic rings. The first kappa shape index (κ1) is 22.5. The first-order valence-electron chi connectivity index (χ1n) is 11.6. The van der Waals surface area contributed by atoms with Gasteiger partial charge in [0, 0.05) is 49.7 Å². The predicted octanol–water partition coefficient (Wildman–Crippen LogP) is 2.46. The number of amides is 1. The van der Waals surface area contributed by atoms with Gasteiger partial charge in [0.1, 0.15) is 29.4 Å². The van der Waals surface area contributed by atoms with E-state index in [2.05, 4.69) is 22.2 Å². The second-order valence-electron chi connectivity index (χ2n) is 9.27. The number of carbonyl (C=O) groups is 1. The van der Waals surface area contributed by atoms with Crippen LogP contribution in [-0.2, 0) is 17.6 Å². The van der Waals surface area contributed by atoms with E-state index in [9.17, 15) is 4.79 Å². The van der Waals surface area contributed by atoms with Crippen LogP contribution in [0.1, 0.15) is 44.9 Å². The highest BCUT2D eigenvalue weighted by Gasteiger charge is 2.27. The number of anilines is 1. The van der Waals surface area contributed by atoms with Gasteiger partial charge in [-0.3, -0.25) is 9.78 Å². The van der Waals surface area contributed by atoms with Crippen molar-refractivity contribution in [3.05, 3.63) is 29.6 Å². The summed E-state index contributed by atoms with van der Waals surface area (Å²) in [5, 5.41) is 3.00. The van der Waals surface area contributed by atoms with Crippen molar-refractivity contribution in [1.82, 2.24) is 25.2 Å². The van der Waals surface area contributed by atoms with E-state index < -0.39 is 0 Å². The lowest BCUT2D eigenvalue weighted by Gasteiger charge is -2.28. The fraction of sp³-hybridized carbons (Fsp3) is 0.583. The highest BCUT2D eigenvalue weighted by Crippen LogP contribution is 2.32. The van der Waals surface area contributed by atoms with Gasteiger partial charge in [0.25, 0.3) is 0 Å². The molecule has 4 rings (SSSR count). The van der Waals surface area contributed by atoms with Crippen molar-refractivity contribution in [2.45, 2.75) is 64.6 Å². The highest BCUT2D eigenvalue weighted by atomic mass is 16.5. The number of likely N-dealkylation sites (N-methyl/N-ethyl adjacent to an activating group) is 2. The minimum absolute atomic E-state index is 0.00976. The van der Waals surface area contributed by atoms with Crippen LogP contribution in [0.2, 0.25) is 0 Å². The molecule has 8 nitrogen and oxygen atoms in total. The number of ether oxygens (including phenoxy) is 1. The van der Waals surface area contributed by atoms with E-state index >= 15 is 0 Å². The zero-order chi connectivity index (χ0) is 22.8. The van der Waals surface area contributed by atoms with E-state index in [0.717, 1.165) is 61.6 Å². The third kappa shape index (κ3) is 4.85. The first-order chi connectivity index (χ1) is 15.3. The third-order valence-corrected chi connectivity index (χ3v) is 6.25. The van der Waals surface area contributed by atoms with Crippen LogP contribution in [0, 0.1) is 0 Å². The summed E-state index contributed by atoms with van der Waals surface area (Å²) in [6, 6.07) is 3.57. The Kier molecular flexibility index (Phi) is 6.60. The van der Waals surface area contributed by atoms with E-state index in [1.54, 1.807) is 6.20 Å². The Morgan fingerprint density at radius 1 is 1.28 bits per heavy atom. The summed E-state index contributed by atoms with van der Waals surface area (Å²) in [7, 11) is 4.04. The molecule has 3 heterocycles. The quantitative estimate of drug-likeness (QED) is 0.711. The predicted molar refractivity (Wildman–Crippen MR) is 125 cm³/mol. The largest absolute Gasteiger partial charge is 0.489 e. The van der Waals surface area contributed by atoms with Gasteiger partial charge in [0.15, 0.2) is 5.82 Å². The number of hydrogen-bond acceptors (Lipinski definition) is 7. The van der Waals surface area contributed by atoms with Crippen LogP contribution in [-0.4, -0.2) is 71.1 Å². The lowest BCUT2D eigenvalue weighted by Crippen LogP contribution is -2.46. The van der Waals surface area contributed by atoms with Gasteiger partial charge >= 0.3 is 0 Å². The molecule has 2 aromatic heterocycles. The summed E-state index contributed by atoms with van der Waals surface area (Å²) in [6.07, 6.45) is 5.87. The Balaban J connectivity index is 1.62. The van der Waals surface area contributed by atoms with E-state index in [1.165, 1.54) is 0 Å². The highest BCUT2D eigenvalue weighted by molar-refractivity contribution is 5.85. The molecule has 2 aromatic rings. The van der Waals surface area contributed by atoms with Crippen LogP contribution < -0.4 is 15.0 Å². The molecule has 1 N–H and O–H groups in total. The maximum atomic E-state index is 12.6. The number of likely N-dealkylation sites (tertiary alicyclic amines) is 1. The number of aromatic nitrogens is 3. The molecule has 32 heavy (non-hydrogen) atoms. The molecule has 0 spiro atoms. The van der Waals surface area contributed by atoms with Crippen LogP contribution in [0.4, 0.5) is 5.82 Å². The summed E-state index contributed by atoms with van der Waals surface area (Å²) >= 11 is 0. The van der Waals surface area contributed by atoms with Crippen LogP contribution in [0.25, 0.3) is 11.5 Å². The first-order valence-corrected chi connectivity index (χ1v) is 11.6. The number of fused-ring (bicyclic) bond motifs is 1. The maximum absolute atomic E-state index is 12.6. The van der Waals surface area contributed by atoms with Gasteiger partial charge in [-0.1, -0.05) is 0 Å². The summed E-state index contributed by atoms with van der Waals surface area (Å²) in [5.74, 6) is 2.18. The van der Waals surface area contributed by atoms with E-state index in [0.29, 0.717) is 11.5 Å². The molecule has 2 atom stereocenters. The molecular formula is C24H34N6O2. The lowest BCUT2D eigenvalue weighted by atomic mass is 10.1. The summed E-state index contributed by atoms with van der Waals surface area (Å²) in [5.41, 5.74) is 2.89. The van der Waals surface area contributed by atoms with Crippen LogP contribution >= 0.6 is 0 Å². The fourth-order valence-electron chi connectivity index (χ4n) is 4.37. The molecule has 0 bridgehead atoms. The molecule has 1 fully saturated rings. The average molecular weight is 439 g/mol. The SMILES string of the molecule is CC(C)NC(=O)C(C)N(C)c1nc(-c2cc(OC3CCN(C)C3)ccn2)nc2c1CCC2. The molecule has 172 valence electrons. The molecule has 1 saturated heterocycles. The normalized spacial score (nSPS) is 19.1. The van der Waals surface area contributed by atoms with E-state index in [4.69, 9.17) is 14.7 Å². The number of aryl methyl sites for hydroxylation is 1. The topological polar surface area (TPSA) is 83.5 Å². The number of hydrogen-bond donors (Lipinski definition) is 1. The van der Waals surface area contributed by atoms with Crippen molar-refractivity contribution in [2.24, 2.45) is 0 Å². The maximum Gasteiger partial charge on any atom is 0.242 e. The third-order valence-electron chi connectivity index (χ3n) is 6.25. The zero-order valence-electron chi connectivity index (χ0n) is 19.8. The van der Waals surface area contributed by atoms with Crippen molar-refractivity contribution in [1.29, 1.82) is 0 Å². The second kappa shape index (κ2) is 9.40. The Bertz CT molecular complexity index is 979. The Hall–Kier alpha value is -2.74. The van der Waals surface area contributed by atoms with Gasteiger partial charge in [-0.05, 0) is 59.6 Å². The standard InChI is InChI=1S/C24H34N6O2/c1-15(2)26-24(31)16(3)30(5)23-19-7-6-8-20(19)27-22(28-23)21-13-17(9-11-25-21)32-18-10-12-29(4)14-18/h9,11,13,15-16,18H,6-8,10,12,14H2,1-5H3,(H,26,31). The van der Waals surface area contributed by atoms with Crippen molar-refractivity contribution in [2.75, 3.05) is 32.1 Å². The average Bonchev–Trinajstić information content (AvgIpc) is 3.40. The lowest BCUT2D eigenvalue weighted by molar-refractivity contribution is -0.122. The molecule has 1 amide bonds. The van der Waals surface area contributed by atoms with Gasteiger partial charge in [-0.25, -0.2) is 9.97 Å². The molecule has 0 aromatic carbocycles. The number of nitrogens with one attached hydrogen (secondary N) is 1. The van der Waals surface area contributed by atoms with Gasteiger partial charge < -0.3 is 19.9 Å². The molecule has 0 radical (unpaired) electrons. The smallest absolute Gasteiger partial charge is 0.242 e. The molecule has 1 aliphatic heterocycles. The van der Waals surface area contributed by atoms with Crippen molar-refractivity contribution in [3.63, 3.8) is 0 Å². The van der Waals surface area contributed by atoms with Gasteiger partial charge in [0.05, 0.1) is 0 Å². The molecule has 2 unspecified atom stereocenters. The van der Waals surface area contributed by atoms with Gasteiger partial charge in [0.2, 0.25) is 5.91 Å². The van der Waals surface area contributed by atoms with Crippen LogP contribution in [0.15, 0.2) is 18.3 Å². The summed E-state index contributed by atoms with van der Waals surface area (Å²) in [4.78, 5) is 31.1. The minimum atomic E-state index is -0.341.